The van der Waals surface area contributed by atoms with Gasteiger partial charge in [0.25, 0.3) is 5.91 Å². The SMILES string of the molecule is Cc1cc(N2C(=O)N(CCCCCCCCC[S+]([O-])CCCC(F)(F)C(F)(F)F)C(C)(C)C2=O)ccc1N[SH](=O)=O. The van der Waals surface area contributed by atoms with Gasteiger partial charge in [0.1, 0.15) is 17.0 Å². The zero-order valence-electron chi connectivity index (χ0n) is 23.4. The molecule has 0 spiro atoms. The number of carbonyl (C=O) groups is 2. The summed E-state index contributed by atoms with van der Waals surface area (Å²) in [6, 6.07) is 4.17. The Morgan fingerprint density at radius 3 is 2.05 bits per heavy atom. The van der Waals surface area contributed by atoms with Crippen LogP contribution in [0, 0.1) is 6.92 Å². The molecule has 15 heteroatoms. The number of unbranched alkanes of at least 4 members (excludes halogenated alkanes) is 6. The van der Waals surface area contributed by atoms with Gasteiger partial charge in [0, 0.05) is 13.0 Å². The number of benzene rings is 1. The number of thiol groups is 1. The first-order chi connectivity index (χ1) is 19.0. The Kier molecular flexibility index (Phi) is 12.7. The summed E-state index contributed by atoms with van der Waals surface area (Å²) in [4.78, 5) is 28.9. The molecule has 1 saturated heterocycles. The molecule has 0 saturated carbocycles. The second kappa shape index (κ2) is 14.9. The van der Waals surface area contributed by atoms with Crippen molar-refractivity contribution in [1.82, 2.24) is 4.90 Å². The molecule has 1 aromatic carbocycles. The highest BCUT2D eigenvalue weighted by atomic mass is 32.2. The van der Waals surface area contributed by atoms with Crippen LogP contribution in [0.5, 0.6) is 0 Å². The van der Waals surface area contributed by atoms with Crippen LogP contribution in [0.15, 0.2) is 18.2 Å². The normalized spacial score (nSPS) is 16.6. The number of amides is 3. The third kappa shape index (κ3) is 9.70. The molecule has 1 aliphatic rings. The number of urea groups is 1. The number of imide groups is 1. The Labute approximate surface area is 242 Å². The van der Waals surface area contributed by atoms with Crippen LogP contribution >= 0.6 is 0 Å². The molecular weight excluding hydrogens is 593 g/mol. The van der Waals surface area contributed by atoms with Gasteiger partial charge >= 0.3 is 18.1 Å². The molecule has 1 atom stereocenters. The van der Waals surface area contributed by atoms with E-state index in [0.717, 1.165) is 37.0 Å². The van der Waals surface area contributed by atoms with E-state index in [1.165, 1.54) is 17.0 Å². The number of alkyl halides is 5. The van der Waals surface area contributed by atoms with Crippen molar-refractivity contribution in [2.24, 2.45) is 0 Å². The zero-order chi connectivity index (χ0) is 31.0. The van der Waals surface area contributed by atoms with E-state index in [1.807, 2.05) is 0 Å². The number of nitrogens with zero attached hydrogens (tertiary/aromatic N) is 2. The van der Waals surface area contributed by atoms with E-state index in [4.69, 9.17) is 0 Å². The Morgan fingerprint density at radius 2 is 1.49 bits per heavy atom. The van der Waals surface area contributed by atoms with Crippen LogP contribution in [0.3, 0.4) is 0 Å². The second-order valence-corrected chi connectivity index (χ2v) is 13.1. The van der Waals surface area contributed by atoms with Crippen molar-refractivity contribution in [2.45, 2.75) is 96.2 Å². The minimum atomic E-state index is -5.58. The van der Waals surface area contributed by atoms with Crippen molar-refractivity contribution < 1.29 is 44.5 Å². The van der Waals surface area contributed by atoms with Crippen LogP contribution in [-0.4, -0.2) is 65.5 Å². The highest BCUT2D eigenvalue weighted by Gasteiger charge is 2.56. The minimum absolute atomic E-state index is 0.177. The maximum atomic E-state index is 13.2. The molecule has 0 bridgehead atoms. The van der Waals surface area contributed by atoms with E-state index < -0.39 is 58.6 Å². The van der Waals surface area contributed by atoms with Gasteiger partial charge in [-0.1, -0.05) is 36.9 Å². The molecule has 1 N–H and O–H groups in total. The van der Waals surface area contributed by atoms with Crippen LogP contribution in [0.4, 0.5) is 38.1 Å². The molecule has 8 nitrogen and oxygen atoms in total. The van der Waals surface area contributed by atoms with Gasteiger partial charge in [-0.05, 0) is 70.2 Å². The molecule has 0 aromatic heterocycles. The largest absolute Gasteiger partial charge is 0.616 e. The van der Waals surface area contributed by atoms with Crippen LogP contribution in [0.2, 0.25) is 0 Å². The number of rotatable bonds is 17. The summed E-state index contributed by atoms with van der Waals surface area (Å²) < 4.78 is 98.3. The number of aryl methyl sites for hydroxylation is 1. The van der Waals surface area contributed by atoms with Gasteiger partial charge in [0.2, 0.25) is 10.9 Å². The van der Waals surface area contributed by atoms with Crippen LogP contribution in [0.1, 0.15) is 77.2 Å². The van der Waals surface area contributed by atoms with E-state index in [0.29, 0.717) is 36.3 Å². The third-order valence-corrected chi connectivity index (χ3v) is 8.95. The maximum Gasteiger partial charge on any atom is 0.453 e. The van der Waals surface area contributed by atoms with E-state index in [-0.39, 0.29) is 17.4 Å². The fourth-order valence-corrected chi connectivity index (χ4v) is 6.21. The van der Waals surface area contributed by atoms with Crippen molar-refractivity contribution in [2.75, 3.05) is 27.7 Å². The first-order valence-electron chi connectivity index (χ1n) is 13.5. The van der Waals surface area contributed by atoms with Gasteiger partial charge in [0.15, 0.2) is 0 Å². The van der Waals surface area contributed by atoms with Crippen molar-refractivity contribution in [3.63, 3.8) is 0 Å². The fourth-order valence-electron chi connectivity index (χ4n) is 4.57. The van der Waals surface area contributed by atoms with Gasteiger partial charge in [-0.15, -0.1) is 0 Å². The third-order valence-electron chi connectivity index (χ3n) is 7.03. The Morgan fingerprint density at radius 1 is 0.927 bits per heavy atom. The average molecular weight is 632 g/mol. The van der Waals surface area contributed by atoms with Crippen molar-refractivity contribution >= 4 is 45.4 Å². The number of nitrogens with one attached hydrogen (secondary N) is 1. The molecular formula is C26H38F5N3O5S2. The lowest BCUT2D eigenvalue weighted by Gasteiger charge is -2.27. The number of halogens is 5. The van der Waals surface area contributed by atoms with Crippen LogP contribution in [-0.2, 0) is 26.9 Å². The standard InChI is InChI=1S/C26H38F5N3O5S2/c1-19-18-20(12-13-21(19)32-41(38)39)34-22(35)24(2,3)33(23(34)36)15-9-7-5-4-6-8-10-16-40(37)17-11-14-25(27,28)26(29,30)31/h12-13,18,41H,4-11,14-17H2,1-3H3,(H,32,38,39). The fraction of sp³-hybridized carbons (Fsp3) is 0.692. The summed E-state index contributed by atoms with van der Waals surface area (Å²) in [6.07, 6.45) is -1.89. The maximum absolute atomic E-state index is 13.2. The number of anilines is 2. The Bertz CT molecular complexity index is 1120. The van der Waals surface area contributed by atoms with E-state index in [2.05, 4.69) is 4.72 Å². The smallest absolute Gasteiger partial charge is 0.453 e. The van der Waals surface area contributed by atoms with Gasteiger partial charge in [0.05, 0.1) is 11.4 Å². The molecule has 234 valence electrons. The number of hydrogen-bond donors (Lipinski definition) is 2. The summed E-state index contributed by atoms with van der Waals surface area (Å²) in [5, 5.41) is 0. The Balaban J connectivity index is 1.68. The highest BCUT2D eigenvalue weighted by Crippen LogP contribution is 2.39. The molecule has 1 aromatic rings. The van der Waals surface area contributed by atoms with E-state index >= 15 is 0 Å². The topological polar surface area (TPSA) is 110 Å². The van der Waals surface area contributed by atoms with Gasteiger partial charge in [-0.25, -0.2) is 18.1 Å². The molecule has 0 aliphatic carbocycles. The minimum Gasteiger partial charge on any atom is -0.616 e. The van der Waals surface area contributed by atoms with Crippen molar-refractivity contribution in [1.29, 1.82) is 0 Å². The summed E-state index contributed by atoms with van der Waals surface area (Å²) in [7, 11) is -2.85. The first-order valence-corrected chi connectivity index (χ1v) is 16.1. The summed E-state index contributed by atoms with van der Waals surface area (Å²) >= 11 is -1.43. The predicted octanol–water partition coefficient (Wildman–Crippen LogP) is 5.94. The highest BCUT2D eigenvalue weighted by molar-refractivity contribution is 7.91. The lowest BCUT2D eigenvalue weighted by atomic mass is 10.0. The average Bonchev–Trinajstić information content (AvgIpc) is 3.02. The number of hydrogen-bond acceptors (Lipinski definition) is 5. The molecule has 1 heterocycles. The van der Waals surface area contributed by atoms with E-state index in [1.54, 1.807) is 26.8 Å². The molecule has 1 fully saturated rings. The summed E-state index contributed by atoms with van der Waals surface area (Å²) in [5.74, 6) is -5.03. The van der Waals surface area contributed by atoms with Gasteiger partial charge in [-0.3, -0.25) is 9.52 Å². The first kappa shape index (κ1) is 35.1. The number of carbonyl (C=O) groups excluding carboxylic acids is 2. The predicted molar refractivity (Wildman–Crippen MR) is 149 cm³/mol. The molecule has 1 aliphatic heterocycles. The second-order valence-electron chi connectivity index (χ2n) is 10.6. The zero-order valence-corrected chi connectivity index (χ0v) is 25.1. The summed E-state index contributed by atoms with van der Waals surface area (Å²) in [5.41, 5.74) is 0.245. The monoisotopic (exact) mass is 631 g/mol. The van der Waals surface area contributed by atoms with Crippen LogP contribution in [0.25, 0.3) is 0 Å². The quantitative estimate of drug-likeness (QED) is 0.0728. The van der Waals surface area contributed by atoms with Crippen molar-refractivity contribution in [3.8, 4) is 0 Å². The molecule has 0 radical (unpaired) electrons. The lowest BCUT2D eigenvalue weighted by Crippen LogP contribution is -2.44. The van der Waals surface area contributed by atoms with Crippen molar-refractivity contribution in [3.05, 3.63) is 23.8 Å². The van der Waals surface area contributed by atoms with E-state index in [9.17, 15) is 44.5 Å². The summed E-state index contributed by atoms with van der Waals surface area (Å²) in [6.45, 7) is 5.42. The molecule has 41 heavy (non-hydrogen) atoms. The molecule has 1 unspecified atom stereocenters. The molecule has 2 rings (SSSR count). The molecule has 3 amide bonds. The van der Waals surface area contributed by atoms with Crippen LogP contribution < -0.4 is 9.62 Å². The van der Waals surface area contributed by atoms with Gasteiger partial charge in [-0.2, -0.15) is 22.0 Å². The Hall–Kier alpha value is -2.13. The lowest BCUT2D eigenvalue weighted by molar-refractivity contribution is -0.284. The van der Waals surface area contributed by atoms with Gasteiger partial charge < -0.3 is 9.45 Å².